The summed E-state index contributed by atoms with van der Waals surface area (Å²) in [6.45, 7) is 0.724. The van der Waals surface area contributed by atoms with Gasteiger partial charge >= 0.3 is 0 Å². The van der Waals surface area contributed by atoms with Crippen molar-refractivity contribution in [2.45, 2.75) is 12.8 Å². The van der Waals surface area contributed by atoms with Gasteiger partial charge in [0.1, 0.15) is 12.4 Å². The van der Waals surface area contributed by atoms with Gasteiger partial charge in [0.2, 0.25) is 11.7 Å². The number of carbonyl (C=O) groups excluding carboxylic acids is 2. The quantitative estimate of drug-likeness (QED) is 0.661. The lowest BCUT2D eigenvalue weighted by Gasteiger charge is -2.29. The van der Waals surface area contributed by atoms with E-state index in [0.29, 0.717) is 47.2 Å². The van der Waals surface area contributed by atoms with Gasteiger partial charge in [0.05, 0.1) is 34.1 Å². The number of methoxy groups -OCH3 is 4. The fraction of sp³-hybridized carbons (Fsp3) is 0.364. The second-order valence-corrected chi connectivity index (χ2v) is 6.72. The van der Waals surface area contributed by atoms with Crippen molar-refractivity contribution in [1.29, 1.82) is 0 Å². The van der Waals surface area contributed by atoms with Crippen LogP contribution in [0.25, 0.3) is 0 Å². The van der Waals surface area contributed by atoms with Gasteiger partial charge < -0.3 is 23.8 Å². The van der Waals surface area contributed by atoms with Gasteiger partial charge in [-0.3, -0.25) is 14.5 Å². The van der Waals surface area contributed by atoms with Crippen LogP contribution in [0.4, 0.5) is 5.69 Å². The van der Waals surface area contributed by atoms with Crippen molar-refractivity contribution >= 4 is 17.5 Å². The highest BCUT2D eigenvalue weighted by Gasteiger charge is 2.29. The fourth-order valence-corrected chi connectivity index (χ4v) is 3.49. The van der Waals surface area contributed by atoms with Crippen LogP contribution in [-0.2, 0) is 4.79 Å². The van der Waals surface area contributed by atoms with Crippen molar-refractivity contribution in [2.75, 3.05) is 46.6 Å². The standard InChI is InChI=1S/C22H26N2O6/c1-27-17-9-6-5-8-16(17)24(14-23-11-7-10-20(23)25)22(26)15-12-18(28-2)21(30-4)19(13-15)29-3/h5-6,8-9,12-13H,7,10-11,14H2,1-4H3. The lowest BCUT2D eigenvalue weighted by Crippen LogP contribution is -2.42. The minimum absolute atomic E-state index is 0.0209. The number of anilines is 1. The molecule has 0 spiro atoms. The summed E-state index contributed by atoms with van der Waals surface area (Å²) in [6, 6.07) is 10.4. The Balaban J connectivity index is 2.07. The summed E-state index contributed by atoms with van der Waals surface area (Å²) in [5.41, 5.74) is 0.903. The van der Waals surface area contributed by atoms with E-state index >= 15 is 0 Å². The summed E-state index contributed by atoms with van der Waals surface area (Å²) in [5, 5.41) is 0. The minimum Gasteiger partial charge on any atom is -0.495 e. The van der Waals surface area contributed by atoms with Gasteiger partial charge in [-0.2, -0.15) is 0 Å². The Hall–Kier alpha value is -3.42. The number of nitrogens with zero attached hydrogens (tertiary/aromatic N) is 2. The summed E-state index contributed by atoms with van der Waals surface area (Å²) >= 11 is 0. The Labute approximate surface area is 175 Å². The van der Waals surface area contributed by atoms with Gasteiger partial charge in [-0.15, -0.1) is 0 Å². The molecule has 1 aliphatic rings. The SMILES string of the molecule is COc1ccccc1N(CN1CCCC1=O)C(=O)c1cc(OC)c(OC)c(OC)c1. The maximum Gasteiger partial charge on any atom is 0.260 e. The second kappa shape index (κ2) is 9.39. The number of likely N-dealkylation sites (tertiary alicyclic amines) is 1. The third kappa shape index (κ3) is 4.12. The first-order valence-electron chi connectivity index (χ1n) is 9.56. The molecular weight excluding hydrogens is 388 g/mol. The Morgan fingerprint density at radius 1 is 0.967 bits per heavy atom. The summed E-state index contributed by atoms with van der Waals surface area (Å²) in [6.07, 6.45) is 1.26. The first-order chi connectivity index (χ1) is 14.5. The molecule has 0 bridgehead atoms. The minimum atomic E-state index is -0.321. The fourth-order valence-electron chi connectivity index (χ4n) is 3.49. The molecule has 3 rings (SSSR count). The number of carbonyl (C=O) groups is 2. The molecule has 0 radical (unpaired) electrons. The molecule has 160 valence electrons. The second-order valence-electron chi connectivity index (χ2n) is 6.72. The van der Waals surface area contributed by atoms with E-state index in [1.54, 1.807) is 36.3 Å². The molecule has 2 amide bonds. The summed E-state index contributed by atoms with van der Waals surface area (Å²) in [7, 11) is 6.03. The number of hydrogen-bond donors (Lipinski definition) is 0. The van der Waals surface area contributed by atoms with Crippen molar-refractivity contribution in [2.24, 2.45) is 0 Å². The van der Waals surface area contributed by atoms with E-state index < -0.39 is 0 Å². The highest BCUT2D eigenvalue weighted by Crippen LogP contribution is 2.39. The van der Waals surface area contributed by atoms with E-state index in [4.69, 9.17) is 18.9 Å². The number of amides is 2. The van der Waals surface area contributed by atoms with Crippen molar-refractivity contribution < 1.29 is 28.5 Å². The van der Waals surface area contributed by atoms with Crippen LogP contribution in [0.2, 0.25) is 0 Å². The number of para-hydroxylation sites is 2. The molecule has 2 aromatic rings. The van der Waals surface area contributed by atoms with Gasteiger partial charge in [-0.25, -0.2) is 0 Å². The lowest BCUT2D eigenvalue weighted by atomic mass is 10.1. The molecule has 1 fully saturated rings. The van der Waals surface area contributed by atoms with Crippen LogP contribution in [0.15, 0.2) is 36.4 Å². The zero-order valence-electron chi connectivity index (χ0n) is 17.6. The predicted octanol–water partition coefficient (Wildman–Crippen LogP) is 2.95. The zero-order valence-corrected chi connectivity index (χ0v) is 17.6. The predicted molar refractivity (Wildman–Crippen MR) is 112 cm³/mol. The Bertz CT molecular complexity index is 905. The highest BCUT2D eigenvalue weighted by atomic mass is 16.5. The average Bonchev–Trinajstić information content (AvgIpc) is 3.20. The molecule has 0 saturated carbocycles. The van der Waals surface area contributed by atoms with Crippen LogP contribution < -0.4 is 23.8 Å². The van der Waals surface area contributed by atoms with Crippen molar-refractivity contribution in [1.82, 2.24) is 4.90 Å². The largest absolute Gasteiger partial charge is 0.495 e. The third-order valence-corrected chi connectivity index (χ3v) is 5.02. The summed E-state index contributed by atoms with van der Waals surface area (Å²) in [4.78, 5) is 29.1. The van der Waals surface area contributed by atoms with E-state index in [-0.39, 0.29) is 18.5 Å². The van der Waals surface area contributed by atoms with E-state index in [2.05, 4.69) is 0 Å². The molecular formula is C22H26N2O6. The molecule has 0 N–H and O–H groups in total. The van der Waals surface area contributed by atoms with Gasteiger partial charge in [-0.05, 0) is 30.7 Å². The van der Waals surface area contributed by atoms with E-state index in [9.17, 15) is 9.59 Å². The molecule has 8 heteroatoms. The van der Waals surface area contributed by atoms with Gasteiger partial charge in [0.15, 0.2) is 11.5 Å². The van der Waals surface area contributed by atoms with E-state index in [1.165, 1.54) is 26.2 Å². The molecule has 1 saturated heterocycles. The van der Waals surface area contributed by atoms with Crippen LogP contribution in [0.3, 0.4) is 0 Å². The zero-order chi connectivity index (χ0) is 21.7. The average molecular weight is 414 g/mol. The van der Waals surface area contributed by atoms with Crippen molar-refractivity contribution in [3.63, 3.8) is 0 Å². The number of benzene rings is 2. The van der Waals surface area contributed by atoms with Crippen LogP contribution >= 0.6 is 0 Å². The summed E-state index contributed by atoms with van der Waals surface area (Å²) in [5.74, 6) is 1.38. The molecule has 30 heavy (non-hydrogen) atoms. The Kier molecular flexibility index (Phi) is 6.66. The smallest absolute Gasteiger partial charge is 0.260 e. The molecule has 0 aliphatic carbocycles. The first kappa shape index (κ1) is 21.3. The van der Waals surface area contributed by atoms with Gasteiger partial charge in [0, 0.05) is 18.5 Å². The van der Waals surface area contributed by atoms with E-state index in [0.717, 1.165) is 6.42 Å². The molecule has 0 unspecified atom stereocenters. The maximum atomic E-state index is 13.6. The maximum absolute atomic E-state index is 13.6. The molecule has 0 aromatic heterocycles. The van der Waals surface area contributed by atoms with Gasteiger partial charge in [0.25, 0.3) is 5.91 Å². The number of ether oxygens (including phenoxy) is 4. The highest BCUT2D eigenvalue weighted by molar-refractivity contribution is 6.07. The summed E-state index contributed by atoms with van der Waals surface area (Å²) < 4.78 is 21.6. The van der Waals surface area contributed by atoms with Crippen LogP contribution in [0, 0.1) is 0 Å². The normalized spacial score (nSPS) is 13.2. The molecule has 2 aromatic carbocycles. The number of hydrogen-bond acceptors (Lipinski definition) is 6. The molecule has 1 aliphatic heterocycles. The first-order valence-corrected chi connectivity index (χ1v) is 9.56. The third-order valence-electron chi connectivity index (χ3n) is 5.02. The Morgan fingerprint density at radius 2 is 1.60 bits per heavy atom. The van der Waals surface area contributed by atoms with Crippen LogP contribution in [-0.4, -0.2) is 58.4 Å². The topological polar surface area (TPSA) is 77.5 Å². The Morgan fingerprint density at radius 3 is 2.13 bits per heavy atom. The van der Waals surface area contributed by atoms with Crippen LogP contribution in [0.1, 0.15) is 23.2 Å². The molecule has 8 nitrogen and oxygen atoms in total. The van der Waals surface area contributed by atoms with Crippen molar-refractivity contribution in [3.05, 3.63) is 42.0 Å². The van der Waals surface area contributed by atoms with Gasteiger partial charge in [-0.1, -0.05) is 12.1 Å². The molecule has 1 heterocycles. The molecule has 0 atom stereocenters. The monoisotopic (exact) mass is 414 g/mol. The lowest BCUT2D eigenvalue weighted by molar-refractivity contribution is -0.127. The van der Waals surface area contributed by atoms with Crippen molar-refractivity contribution in [3.8, 4) is 23.0 Å². The van der Waals surface area contributed by atoms with Crippen LogP contribution in [0.5, 0.6) is 23.0 Å². The number of rotatable bonds is 8. The van der Waals surface area contributed by atoms with E-state index in [1.807, 2.05) is 12.1 Å².